The van der Waals surface area contributed by atoms with Gasteiger partial charge in [-0.3, -0.25) is 0 Å². The zero-order valence-electron chi connectivity index (χ0n) is 9.88. The third kappa shape index (κ3) is 2.68. The molecule has 1 unspecified atom stereocenters. The lowest BCUT2D eigenvalue weighted by molar-refractivity contribution is 0.0741. The number of nitrogens with one attached hydrogen (secondary N) is 1. The average Bonchev–Trinajstić information content (AvgIpc) is 2.72. The van der Waals surface area contributed by atoms with Crippen LogP contribution in [0.1, 0.15) is 42.2 Å². The van der Waals surface area contributed by atoms with E-state index in [2.05, 4.69) is 11.4 Å². The van der Waals surface area contributed by atoms with E-state index in [4.69, 9.17) is 16.3 Å². The van der Waals surface area contributed by atoms with Gasteiger partial charge in [-0.25, -0.2) is 0 Å². The Labute approximate surface area is 111 Å². The van der Waals surface area contributed by atoms with E-state index in [1.54, 1.807) is 11.3 Å². The fraction of sp³-hybridized carbons (Fsp3) is 0.692. The molecule has 3 rings (SSSR count). The summed E-state index contributed by atoms with van der Waals surface area (Å²) in [4.78, 5) is 1.49. The van der Waals surface area contributed by atoms with Crippen molar-refractivity contribution in [3.8, 4) is 0 Å². The largest absolute Gasteiger partial charge is 0.381 e. The molecule has 0 spiro atoms. The smallest absolute Gasteiger partial charge is 0.0934 e. The predicted molar refractivity (Wildman–Crippen MR) is 72.0 cm³/mol. The number of hydrogen-bond donors (Lipinski definition) is 1. The summed E-state index contributed by atoms with van der Waals surface area (Å²) in [5.74, 6) is 0. The van der Waals surface area contributed by atoms with Crippen LogP contribution >= 0.6 is 22.9 Å². The van der Waals surface area contributed by atoms with Crippen molar-refractivity contribution in [1.82, 2.24) is 5.32 Å². The van der Waals surface area contributed by atoms with E-state index in [0.29, 0.717) is 12.1 Å². The topological polar surface area (TPSA) is 21.3 Å². The highest BCUT2D eigenvalue weighted by atomic mass is 35.5. The van der Waals surface area contributed by atoms with Gasteiger partial charge >= 0.3 is 0 Å². The third-order valence-corrected chi connectivity index (χ3v) is 5.08. The Kier molecular flexibility index (Phi) is 3.71. The highest BCUT2D eigenvalue weighted by Gasteiger charge is 2.25. The molecule has 2 aliphatic rings. The van der Waals surface area contributed by atoms with Crippen LogP contribution in [0.4, 0.5) is 0 Å². The van der Waals surface area contributed by atoms with Gasteiger partial charge < -0.3 is 10.1 Å². The second kappa shape index (κ2) is 5.27. The molecule has 0 bridgehead atoms. The number of aryl methyl sites for hydroxylation is 1. The van der Waals surface area contributed by atoms with Crippen molar-refractivity contribution in [1.29, 1.82) is 0 Å². The Morgan fingerprint density at radius 1 is 1.29 bits per heavy atom. The van der Waals surface area contributed by atoms with Gasteiger partial charge in [0, 0.05) is 30.2 Å². The highest BCUT2D eigenvalue weighted by Crippen LogP contribution is 2.38. The number of ether oxygens (including phenoxy) is 1. The van der Waals surface area contributed by atoms with Gasteiger partial charge in [0.1, 0.15) is 0 Å². The normalized spacial score (nSPS) is 25.8. The lowest BCUT2D eigenvalue weighted by Crippen LogP contribution is -2.38. The van der Waals surface area contributed by atoms with Crippen molar-refractivity contribution in [2.45, 2.75) is 44.2 Å². The molecule has 0 saturated carbocycles. The van der Waals surface area contributed by atoms with Crippen LogP contribution in [-0.2, 0) is 11.2 Å². The molecule has 17 heavy (non-hydrogen) atoms. The third-order valence-electron chi connectivity index (χ3n) is 3.74. The first-order valence-corrected chi connectivity index (χ1v) is 7.64. The monoisotopic (exact) mass is 271 g/mol. The maximum absolute atomic E-state index is 6.13. The molecule has 1 saturated heterocycles. The zero-order chi connectivity index (χ0) is 11.7. The minimum absolute atomic E-state index is 0.519. The summed E-state index contributed by atoms with van der Waals surface area (Å²) in [6.45, 7) is 1.81. The van der Waals surface area contributed by atoms with E-state index in [-0.39, 0.29) is 0 Å². The van der Waals surface area contributed by atoms with Crippen LogP contribution in [0, 0.1) is 0 Å². The summed E-state index contributed by atoms with van der Waals surface area (Å²) < 4.78 is 6.34. The summed E-state index contributed by atoms with van der Waals surface area (Å²) in [6.07, 6.45) is 6.02. The van der Waals surface area contributed by atoms with Crippen molar-refractivity contribution in [3.05, 3.63) is 20.8 Å². The molecule has 0 aromatic carbocycles. The molecule has 0 amide bonds. The standard InChI is InChI=1S/C13H18ClNOS/c14-13-8-10-11(2-1-3-12(10)17-13)15-9-4-6-16-7-5-9/h8-9,11,15H,1-7H2. The fourth-order valence-corrected chi connectivity index (χ4v) is 4.23. The summed E-state index contributed by atoms with van der Waals surface area (Å²) in [6, 6.07) is 3.31. The van der Waals surface area contributed by atoms with Crippen LogP contribution in [0.5, 0.6) is 0 Å². The fourth-order valence-electron chi connectivity index (χ4n) is 2.84. The Morgan fingerprint density at radius 3 is 2.94 bits per heavy atom. The predicted octanol–water partition coefficient (Wildman–Crippen LogP) is 3.55. The minimum Gasteiger partial charge on any atom is -0.381 e. The zero-order valence-corrected chi connectivity index (χ0v) is 11.4. The van der Waals surface area contributed by atoms with E-state index >= 15 is 0 Å². The van der Waals surface area contributed by atoms with Gasteiger partial charge in [0.25, 0.3) is 0 Å². The van der Waals surface area contributed by atoms with Crippen LogP contribution in [0.15, 0.2) is 6.07 Å². The maximum Gasteiger partial charge on any atom is 0.0934 e. The number of fused-ring (bicyclic) bond motifs is 1. The minimum atomic E-state index is 0.519. The molecule has 1 atom stereocenters. The summed E-state index contributed by atoms with van der Waals surface area (Å²) in [5.41, 5.74) is 1.46. The molecule has 1 aliphatic heterocycles. The second-order valence-corrected chi connectivity index (χ2v) is 6.70. The van der Waals surface area contributed by atoms with Gasteiger partial charge in [-0.1, -0.05) is 11.6 Å². The molecule has 2 nitrogen and oxygen atoms in total. The van der Waals surface area contributed by atoms with E-state index in [9.17, 15) is 0 Å². The van der Waals surface area contributed by atoms with Crippen LogP contribution < -0.4 is 5.32 Å². The number of thiophene rings is 1. The van der Waals surface area contributed by atoms with E-state index in [1.807, 2.05) is 0 Å². The van der Waals surface area contributed by atoms with Crippen LogP contribution in [0.25, 0.3) is 0 Å². The summed E-state index contributed by atoms with van der Waals surface area (Å²) >= 11 is 7.89. The molecular formula is C13H18ClNOS. The maximum atomic E-state index is 6.13. The van der Waals surface area contributed by atoms with E-state index < -0.39 is 0 Å². The first kappa shape index (κ1) is 12.0. The molecule has 4 heteroatoms. The van der Waals surface area contributed by atoms with Crippen LogP contribution in [0.3, 0.4) is 0 Å². The van der Waals surface area contributed by atoms with Gasteiger partial charge in [0.15, 0.2) is 0 Å². The Morgan fingerprint density at radius 2 is 2.12 bits per heavy atom. The van der Waals surface area contributed by atoms with E-state index in [0.717, 1.165) is 30.4 Å². The first-order chi connectivity index (χ1) is 8.33. The van der Waals surface area contributed by atoms with E-state index in [1.165, 1.54) is 29.7 Å². The molecule has 1 aromatic rings. The molecule has 2 heterocycles. The first-order valence-electron chi connectivity index (χ1n) is 6.45. The molecule has 0 radical (unpaired) electrons. The van der Waals surface area contributed by atoms with Crippen molar-refractivity contribution >= 4 is 22.9 Å². The molecule has 94 valence electrons. The van der Waals surface area contributed by atoms with Gasteiger partial charge in [-0.05, 0) is 43.7 Å². The van der Waals surface area contributed by atoms with Crippen molar-refractivity contribution in [3.63, 3.8) is 0 Å². The molecule has 1 fully saturated rings. The molecular weight excluding hydrogens is 254 g/mol. The molecule has 1 aromatic heterocycles. The van der Waals surface area contributed by atoms with Gasteiger partial charge in [-0.2, -0.15) is 0 Å². The lowest BCUT2D eigenvalue weighted by atomic mass is 9.92. The number of hydrogen-bond acceptors (Lipinski definition) is 3. The van der Waals surface area contributed by atoms with Crippen LogP contribution in [0.2, 0.25) is 4.34 Å². The van der Waals surface area contributed by atoms with Crippen molar-refractivity contribution in [2.24, 2.45) is 0 Å². The quantitative estimate of drug-likeness (QED) is 0.888. The lowest BCUT2D eigenvalue weighted by Gasteiger charge is -2.31. The average molecular weight is 272 g/mol. The van der Waals surface area contributed by atoms with Gasteiger partial charge in [0.2, 0.25) is 0 Å². The molecule has 1 N–H and O–H groups in total. The Balaban J connectivity index is 1.71. The summed E-state index contributed by atoms with van der Waals surface area (Å²) in [5, 5.41) is 3.80. The van der Waals surface area contributed by atoms with Crippen molar-refractivity contribution in [2.75, 3.05) is 13.2 Å². The van der Waals surface area contributed by atoms with Gasteiger partial charge in [-0.15, -0.1) is 11.3 Å². The Bertz CT molecular complexity index is 387. The van der Waals surface area contributed by atoms with Crippen molar-refractivity contribution < 1.29 is 4.74 Å². The highest BCUT2D eigenvalue weighted by molar-refractivity contribution is 7.16. The second-order valence-electron chi connectivity index (χ2n) is 4.93. The number of rotatable bonds is 2. The number of halogens is 1. The summed E-state index contributed by atoms with van der Waals surface area (Å²) in [7, 11) is 0. The Hall–Kier alpha value is -0.0900. The van der Waals surface area contributed by atoms with Crippen LogP contribution in [-0.4, -0.2) is 19.3 Å². The SMILES string of the molecule is Clc1cc2c(s1)CCCC2NC1CCOCC1. The molecule has 1 aliphatic carbocycles. The van der Waals surface area contributed by atoms with Gasteiger partial charge in [0.05, 0.1) is 4.34 Å².